The van der Waals surface area contributed by atoms with Gasteiger partial charge < -0.3 is 0 Å². The SMILES string of the molecule is Cc1ccc(N=C(/C=C/Sc2ccc(F)cc2)c2cccc(C)c2C)cc1. The van der Waals surface area contributed by atoms with Crippen LogP contribution in [-0.2, 0) is 0 Å². The van der Waals surface area contributed by atoms with Gasteiger partial charge in [0.2, 0.25) is 0 Å². The van der Waals surface area contributed by atoms with Crippen molar-refractivity contribution in [2.45, 2.75) is 25.7 Å². The second-order valence-electron chi connectivity index (χ2n) is 6.45. The second-order valence-corrected chi connectivity index (χ2v) is 7.43. The lowest BCUT2D eigenvalue weighted by atomic mass is 9.99. The Labute approximate surface area is 164 Å². The van der Waals surface area contributed by atoms with Crippen LogP contribution < -0.4 is 0 Å². The van der Waals surface area contributed by atoms with Gasteiger partial charge in [0.05, 0.1) is 11.4 Å². The molecule has 0 aliphatic rings. The van der Waals surface area contributed by atoms with Crippen molar-refractivity contribution < 1.29 is 4.39 Å². The summed E-state index contributed by atoms with van der Waals surface area (Å²) in [5.41, 5.74) is 6.63. The number of aliphatic imine (C=N–C) groups is 1. The van der Waals surface area contributed by atoms with Crippen LogP contribution in [-0.4, -0.2) is 5.71 Å². The first-order valence-electron chi connectivity index (χ1n) is 8.83. The van der Waals surface area contributed by atoms with Crippen molar-refractivity contribution >= 4 is 23.2 Å². The zero-order valence-corrected chi connectivity index (χ0v) is 16.6. The summed E-state index contributed by atoms with van der Waals surface area (Å²) >= 11 is 1.55. The molecule has 0 unspecified atom stereocenters. The van der Waals surface area contributed by atoms with Gasteiger partial charge in [-0.1, -0.05) is 47.7 Å². The Balaban J connectivity index is 1.94. The molecule has 3 aromatic carbocycles. The maximum Gasteiger partial charge on any atom is 0.123 e. The van der Waals surface area contributed by atoms with Crippen molar-refractivity contribution in [2.24, 2.45) is 4.99 Å². The zero-order chi connectivity index (χ0) is 19.2. The Morgan fingerprint density at radius 1 is 0.889 bits per heavy atom. The molecule has 0 amide bonds. The van der Waals surface area contributed by atoms with Crippen molar-refractivity contribution in [3.8, 4) is 0 Å². The van der Waals surface area contributed by atoms with Crippen LogP contribution in [0.4, 0.5) is 10.1 Å². The van der Waals surface area contributed by atoms with Gasteiger partial charge in [-0.2, -0.15) is 0 Å². The molecule has 0 heterocycles. The number of hydrogen-bond donors (Lipinski definition) is 0. The molecule has 0 N–H and O–H groups in total. The van der Waals surface area contributed by atoms with E-state index >= 15 is 0 Å². The lowest BCUT2D eigenvalue weighted by Crippen LogP contribution is -2.01. The van der Waals surface area contributed by atoms with Crippen molar-refractivity contribution in [2.75, 3.05) is 0 Å². The van der Waals surface area contributed by atoms with Crippen LogP contribution in [0.2, 0.25) is 0 Å². The van der Waals surface area contributed by atoms with Gasteiger partial charge in [-0.15, -0.1) is 0 Å². The fourth-order valence-electron chi connectivity index (χ4n) is 2.66. The minimum atomic E-state index is -0.222. The van der Waals surface area contributed by atoms with Crippen molar-refractivity contribution in [3.05, 3.63) is 106 Å². The third-order valence-corrected chi connectivity index (χ3v) is 5.22. The molecular formula is C24H22FNS. The fourth-order valence-corrected chi connectivity index (χ4v) is 3.31. The van der Waals surface area contributed by atoms with Crippen LogP contribution >= 0.6 is 11.8 Å². The molecule has 3 heteroatoms. The van der Waals surface area contributed by atoms with E-state index in [-0.39, 0.29) is 5.82 Å². The fraction of sp³-hybridized carbons (Fsp3) is 0.125. The summed E-state index contributed by atoms with van der Waals surface area (Å²) in [5.74, 6) is -0.222. The number of benzene rings is 3. The first-order valence-corrected chi connectivity index (χ1v) is 9.71. The van der Waals surface area contributed by atoms with Crippen molar-refractivity contribution in [1.82, 2.24) is 0 Å². The number of halogens is 1. The monoisotopic (exact) mass is 375 g/mol. The third kappa shape index (κ3) is 5.18. The Morgan fingerprint density at radius 2 is 1.59 bits per heavy atom. The first kappa shape index (κ1) is 19.1. The molecular weight excluding hydrogens is 353 g/mol. The summed E-state index contributed by atoms with van der Waals surface area (Å²) in [6.07, 6.45) is 2.02. The number of allylic oxidation sites excluding steroid dienone is 1. The normalized spacial score (nSPS) is 11.9. The Morgan fingerprint density at radius 3 is 2.30 bits per heavy atom. The van der Waals surface area contributed by atoms with Gasteiger partial charge >= 0.3 is 0 Å². The van der Waals surface area contributed by atoms with Crippen LogP contribution in [0.25, 0.3) is 0 Å². The Hall–Kier alpha value is -2.65. The average Bonchev–Trinajstić information content (AvgIpc) is 2.66. The maximum atomic E-state index is 13.1. The topological polar surface area (TPSA) is 12.4 Å². The standard InChI is InChI=1S/C24H22FNS/c1-17-7-11-21(12-8-17)26-24(23-6-4-5-18(2)19(23)3)15-16-27-22-13-9-20(25)10-14-22/h4-16H,1-3H3/b16-15+,26-24?. The van der Waals surface area contributed by atoms with E-state index in [1.165, 1.54) is 28.8 Å². The van der Waals surface area contributed by atoms with Crippen molar-refractivity contribution in [1.29, 1.82) is 0 Å². The molecule has 136 valence electrons. The lowest BCUT2D eigenvalue weighted by molar-refractivity contribution is 0.626. The molecule has 0 radical (unpaired) electrons. The highest BCUT2D eigenvalue weighted by Gasteiger charge is 2.06. The maximum absolute atomic E-state index is 13.1. The van der Waals surface area contributed by atoms with Crippen LogP contribution in [0.3, 0.4) is 0 Å². The van der Waals surface area contributed by atoms with Crippen LogP contribution in [0.5, 0.6) is 0 Å². The summed E-state index contributed by atoms with van der Waals surface area (Å²) in [7, 11) is 0. The molecule has 0 spiro atoms. The summed E-state index contributed by atoms with van der Waals surface area (Å²) in [6, 6.07) is 21.0. The molecule has 0 atom stereocenters. The number of aryl methyl sites for hydroxylation is 2. The van der Waals surface area contributed by atoms with Crippen molar-refractivity contribution in [3.63, 3.8) is 0 Å². The molecule has 0 fully saturated rings. The number of thioether (sulfide) groups is 1. The van der Waals surface area contributed by atoms with E-state index in [9.17, 15) is 4.39 Å². The largest absolute Gasteiger partial charge is 0.248 e. The Bertz CT molecular complexity index is 970. The minimum Gasteiger partial charge on any atom is -0.248 e. The van der Waals surface area contributed by atoms with Gasteiger partial charge in [0, 0.05) is 10.5 Å². The minimum absolute atomic E-state index is 0.222. The number of hydrogen-bond acceptors (Lipinski definition) is 2. The molecule has 0 aliphatic carbocycles. The summed E-state index contributed by atoms with van der Waals surface area (Å²) < 4.78 is 13.1. The van der Waals surface area contributed by atoms with Gasteiger partial charge in [0.25, 0.3) is 0 Å². The highest BCUT2D eigenvalue weighted by Crippen LogP contribution is 2.23. The van der Waals surface area contributed by atoms with E-state index in [1.54, 1.807) is 23.9 Å². The van der Waals surface area contributed by atoms with E-state index in [0.29, 0.717) is 0 Å². The summed E-state index contributed by atoms with van der Waals surface area (Å²) in [4.78, 5) is 5.86. The van der Waals surface area contributed by atoms with Gasteiger partial charge in [-0.3, -0.25) is 0 Å². The quantitative estimate of drug-likeness (QED) is 0.340. The smallest absolute Gasteiger partial charge is 0.123 e. The van der Waals surface area contributed by atoms with Crippen LogP contribution in [0, 0.1) is 26.6 Å². The van der Waals surface area contributed by atoms with E-state index in [4.69, 9.17) is 4.99 Å². The van der Waals surface area contributed by atoms with Gasteiger partial charge in [0.1, 0.15) is 5.82 Å². The molecule has 0 saturated heterocycles. The molecule has 1 nitrogen and oxygen atoms in total. The van der Waals surface area contributed by atoms with Gasteiger partial charge in [-0.05, 0) is 79.8 Å². The van der Waals surface area contributed by atoms with Gasteiger partial charge in [-0.25, -0.2) is 9.38 Å². The molecule has 0 aromatic heterocycles. The highest BCUT2D eigenvalue weighted by atomic mass is 32.2. The number of nitrogens with zero attached hydrogens (tertiary/aromatic N) is 1. The second kappa shape index (κ2) is 8.83. The molecule has 3 rings (SSSR count). The molecule has 27 heavy (non-hydrogen) atoms. The Kier molecular flexibility index (Phi) is 6.25. The lowest BCUT2D eigenvalue weighted by Gasteiger charge is -2.09. The number of rotatable bonds is 5. The first-order chi connectivity index (χ1) is 13.0. The molecule has 0 bridgehead atoms. The van der Waals surface area contributed by atoms with E-state index in [2.05, 4.69) is 51.1 Å². The summed E-state index contributed by atoms with van der Waals surface area (Å²) in [5, 5.41) is 2.00. The third-order valence-electron chi connectivity index (χ3n) is 4.41. The average molecular weight is 376 g/mol. The van der Waals surface area contributed by atoms with Crippen LogP contribution in [0.1, 0.15) is 22.3 Å². The highest BCUT2D eigenvalue weighted by molar-refractivity contribution is 8.02. The molecule has 3 aromatic rings. The summed E-state index contributed by atoms with van der Waals surface area (Å²) in [6.45, 7) is 6.30. The van der Waals surface area contributed by atoms with E-state index in [1.807, 2.05) is 23.6 Å². The van der Waals surface area contributed by atoms with E-state index in [0.717, 1.165) is 21.9 Å². The molecule has 0 saturated carbocycles. The van der Waals surface area contributed by atoms with E-state index < -0.39 is 0 Å². The predicted octanol–water partition coefficient (Wildman–Crippen LogP) is 7.18. The van der Waals surface area contributed by atoms with Crippen LogP contribution in [0.15, 0.2) is 88.1 Å². The van der Waals surface area contributed by atoms with Gasteiger partial charge in [0.15, 0.2) is 0 Å². The predicted molar refractivity (Wildman–Crippen MR) is 115 cm³/mol. The zero-order valence-electron chi connectivity index (χ0n) is 15.7. The molecule has 0 aliphatic heterocycles.